The van der Waals surface area contributed by atoms with E-state index in [-0.39, 0.29) is 0 Å². The van der Waals surface area contributed by atoms with Crippen LogP contribution in [0.1, 0.15) is 26.7 Å². The average molecular weight is 216 g/mol. The summed E-state index contributed by atoms with van der Waals surface area (Å²) in [6.07, 6.45) is 1.61. The van der Waals surface area contributed by atoms with Gasteiger partial charge in [-0.2, -0.15) is 0 Å². The van der Waals surface area contributed by atoms with E-state index >= 15 is 0 Å². The van der Waals surface area contributed by atoms with Crippen LogP contribution in [0.4, 0.5) is 0 Å². The molecule has 1 N–H and O–H groups in total. The number of carboxylic acids is 1. The fraction of sp³-hybridized carbons (Fsp3) is 0.909. The van der Waals surface area contributed by atoms with E-state index in [9.17, 15) is 4.79 Å². The molecule has 4 nitrogen and oxygen atoms in total. The molecule has 0 aromatic heterocycles. The molecule has 1 rings (SSSR count). The van der Waals surface area contributed by atoms with Gasteiger partial charge in [0.1, 0.15) is 0 Å². The minimum Gasteiger partial charge on any atom is -0.481 e. The first-order valence-corrected chi connectivity index (χ1v) is 5.41. The predicted octanol–water partition coefficient (Wildman–Crippen LogP) is 1.54. The Hall–Kier alpha value is -0.610. The summed E-state index contributed by atoms with van der Waals surface area (Å²) in [6, 6.07) is 0. The van der Waals surface area contributed by atoms with Crippen LogP contribution in [-0.2, 0) is 14.3 Å². The number of ether oxygens (including phenoxy) is 2. The lowest BCUT2D eigenvalue weighted by Gasteiger charge is -2.19. The van der Waals surface area contributed by atoms with E-state index in [0.29, 0.717) is 25.6 Å². The van der Waals surface area contributed by atoms with E-state index < -0.39 is 11.4 Å². The number of aliphatic carboxylic acids is 1. The molecular weight excluding hydrogens is 196 g/mol. The molecule has 0 aromatic carbocycles. The third-order valence-corrected chi connectivity index (χ3v) is 2.83. The summed E-state index contributed by atoms with van der Waals surface area (Å²) < 4.78 is 10.7. The zero-order valence-corrected chi connectivity index (χ0v) is 9.49. The van der Waals surface area contributed by atoms with Crippen LogP contribution in [-0.4, -0.2) is 37.5 Å². The van der Waals surface area contributed by atoms with Gasteiger partial charge in [-0.25, -0.2) is 0 Å². The van der Waals surface area contributed by atoms with Crippen LogP contribution < -0.4 is 0 Å². The summed E-state index contributed by atoms with van der Waals surface area (Å²) in [5.74, 6) is -0.270. The molecule has 0 aliphatic carbocycles. The van der Waals surface area contributed by atoms with E-state index in [1.165, 1.54) is 0 Å². The second-order valence-corrected chi connectivity index (χ2v) is 4.74. The van der Waals surface area contributed by atoms with Crippen LogP contribution in [0.5, 0.6) is 0 Å². The molecule has 0 amide bonds. The van der Waals surface area contributed by atoms with Gasteiger partial charge in [-0.3, -0.25) is 4.79 Å². The lowest BCUT2D eigenvalue weighted by atomic mass is 9.90. The minimum atomic E-state index is -0.768. The summed E-state index contributed by atoms with van der Waals surface area (Å²) in [5.41, 5.74) is -0.688. The van der Waals surface area contributed by atoms with Crippen LogP contribution in [0, 0.1) is 11.3 Å². The highest BCUT2D eigenvalue weighted by molar-refractivity contribution is 5.73. The third-order valence-electron chi connectivity index (χ3n) is 2.83. The summed E-state index contributed by atoms with van der Waals surface area (Å²) >= 11 is 0. The maximum Gasteiger partial charge on any atom is 0.309 e. The molecule has 1 unspecified atom stereocenters. The van der Waals surface area contributed by atoms with Gasteiger partial charge < -0.3 is 14.6 Å². The van der Waals surface area contributed by atoms with Crippen molar-refractivity contribution in [1.29, 1.82) is 0 Å². The Balaban J connectivity index is 2.08. The molecule has 15 heavy (non-hydrogen) atoms. The largest absolute Gasteiger partial charge is 0.481 e. The number of carbonyl (C=O) groups is 1. The Labute approximate surface area is 90.6 Å². The molecule has 1 fully saturated rings. The van der Waals surface area contributed by atoms with Gasteiger partial charge in [0.15, 0.2) is 0 Å². The molecule has 0 saturated carbocycles. The minimum absolute atomic E-state index is 0.498. The normalized spacial score (nSPS) is 21.9. The molecule has 0 radical (unpaired) electrons. The first-order valence-electron chi connectivity index (χ1n) is 5.41. The highest BCUT2D eigenvalue weighted by Crippen LogP contribution is 2.20. The number of carboxylic acid groups (broad SMARTS) is 1. The number of rotatable bonds is 6. The monoisotopic (exact) mass is 216 g/mol. The third kappa shape index (κ3) is 4.18. The summed E-state index contributed by atoms with van der Waals surface area (Å²) in [6.45, 7) is 6.25. The van der Waals surface area contributed by atoms with Crippen molar-refractivity contribution in [1.82, 2.24) is 0 Å². The van der Waals surface area contributed by atoms with Crippen molar-refractivity contribution < 1.29 is 19.4 Å². The average Bonchev–Trinajstić information content (AvgIpc) is 2.64. The highest BCUT2D eigenvalue weighted by atomic mass is 16.5. The van der Waals surface area contributed by atoms with Crippen LogP contribution in [0.3, 0.4) is 0 Å². The van der Waals surface area contributed by atoms with Gasteiger partial charge in [-0.1, -0.05) is 0 Å². The fourth-order valence-electron chi connectivity index (χ4n) is 1.40. The van der Waals surface area contributed by atoms with Crippen LogP contribution in [0.2, 0.25) is 0 Å². The maximum atomic E-state index is 10.8. The Bertz CT molecular complexity index is 207. The van der Waals surface area contributed by atoms with Gasteiger partial charge in [0.25, 0.3) is 0 Å². The van der Waals surface area contributed by atoms with Crippen LogP contribution >= 0.6 is 0 Å². The predicted molar refractivity (Wildman–Crippen MR) is 55.8 cm³/mol. The molecule has 4 heteroatoms. The lowest BCUT2D eigenvalue weighted by Crippen LogP contribution is -2.25. The van der Waals surface area contributed by atoms with Crippen molar-refractivity contribution >= 4 is 5.97 Å². The molecule has 0 spiro atoms. The first-order chi connectivity index (χ1) is 7.02. The zero-order chi connectivity index (χ0) is 11.3. The Morgan fingerprint density at radius 2 is 2.33 bits per heavy atom. The molecule has 88 valence electrons. The molecule has 1 atom stereocenters. The Morgan fingerprint density at radius 1 is 1.60 bits per heavy atom. The van der Waals surface area contributed by atoms with E-state index in [1.54, 1.807) is 13.8 Å². The maximum absolute atomic E-state index is 10.8. The van der Waals surface area contributed by atoms with Gasteiger partial charge in [-0.15, -0.1) is 0 Å². The SMILES string of the molecule is CC(C)(CCOCC1CCOC1)C(=O)O. The lowest BCUT2D eigenvalue weighted by molar-refractivity contribution is -0.148. The van der Waals surface area contributed by atoms with Gasteiger partial charge in [0.2, 0.25) is 0 Å². The van der Waals surface area contributed by atoms with Gasteiger partial charge in [0, 0.05) is 19.1 Å². The standard InChI is InChI=1S/C11H20O4/c1-11(2,10(12)13)4-6-15-8-9-3-5-14-7-9/h9H,3-8H2,1-2H3,(H,12,13). The Morgan fingerprint density at radius 3 is 2.87 bits per heavy atom. The second-order valence-electron chi connectivity index (χ2n) is 4.74. The van der Waals surface area contributed by atoms with E-state index in [1.807, 2.05) is 0 Å². The van der Waals surface area contributed by atoms with Gasteiger partial charge in [0.05, 0.1) is 18.6 Å². The van der Waals surface area contributed by atoms with Crippen molar-refractivity contribution in [3.63, 3.8) is 0 Å². The Kier molecular flexibility index (Phi) is 4.54. The first kappa shape index (κ1) is 12.5. The van der Waals surface area contributed by atoms with Gasteiger partial charge >= 0.3 is 5.97 Å². The molecule has 1 aliphatic rings. The topological polar surface area (TPSA) is 55.8 Å². The van der Waals surface area contributed by atoms with Crippen LogP contribution in [0.25, 0.3) is 0 Å². The van der Waals surface area contributed by atoms with Crippen molar-refractivity contribution in [2.24, 2.45) is 11.3 Å². The molecule has 0 aromatic rings. The van der Waals surface area contributed by atoms with Crippen molar-refractivity contribution in [2.45, 2.75) is 26.7 Å². The van der Waals surface area contributed by atoms with E-state index in [0.717, 1.165) is 19.6 Å². The zero-order valence-electron chi connectivity index (χ0n) is 9.49. The summed E-state index contributed by atoms with van der Waals surface area (Å²) in [4.78, 5) is 10.8. The second kappa shape index (κ2) is 5.47. The quantitative estimate of drug-likeness (QED) is 0.684. The summed E-state index contributed by atoms with van der Waals surface area (Å²) in [7, 11) is 0. The number of hydrogen-bond acceptors (Lipinski definition) is 3. The van der Waals surface area contributed by atoms with Crippen LogP contribution in [0.15, 0.2) is 0 Å². The molecule has 0 bridgehead atoms. The molecule has 1 aliphatic heterocycles. The molecule has 1 saturated heterocycles. The fourth-order valence-corrected chi connectivity index (χ4v) is 1.40. The van der Waals surface area contributed by atoms with Crippen molar-refractivity contribution in [3.05, 3.63) is 0 Å². The molecule has 1 heterocycles. The highest BCUT2D eigenvalue weighted by Gasteiger charge is 2.26. The van der Waals surface area contributed by atoms with Crippen molar-refractivity contribution in [2.75, 3.05) is 26.4 Å². The van der Waals surface area contributed by atoms with Gasteiger partial charge in [-0.05, 0) is 26.7 Å². The molecular formula is C11H20O4. The number of hydrogen-bond donors (Lipinski definition) is 1. The van der Waals surface area contributed by atoms with E-state index in [4.69, 9.17) is 14.6 Å². The van der Waals surface area contributed by atoms with E-state index in [2.05, 4.69) is 0 Å². The summed E-state index contributed by atoms with van der Waals surface area (Å²) in [5, 5.41) is 8.88. The smallest absolute Gasteiger partial charge is 0.309 e. The van der Waals surface area contributed by atoms with Crippen molar-refractivity contribution in [3.8, 4) is 0 Å².